The van der Waals surface area contributed by atoms with Crippen molar-refractivity contribution in [3.8, 4) is 5.75 Å². The predicted molar refractivity (Wildman–Crippen MR) is 139 cm³/mol. The zero-order chi connectivity index (χ0) is 24.3. The Morgan fingerprint density at radius 2 is 1.91 bits per heavy atom. The maximum atomic E-state index is 12.8. The fourth-order valence-corrected chi connectivity index (χ4v) is 5.95. The van der Waals surface area contributed by atoms with Crippen LogP contribution < -0.4 is 10.5 Å². The quantitative estimate of drug-likeness (QED) is 0.308. The van der Waals surface area contributed by atoms with Gasteiger partial charge in [0.05, 0.1) is 14.3 Å². The van der Waals surface area contributed by atoms with E-state index in [1.807, 2.05) is 0 Å². The number of anilines is 1. The summed E-state index contributed by atoms with van der Waals surface area (Å²) in [4.78, 5) is 26.7. The van der Waals surface area contributed by atoms with Crippen molar-refractivity contribution in [1.29, 1.82) is 0 Å². The molecule has 13 heteroatoms. The number of carbonyl (C=O) groups excluding carboxylic acids is 2. The van der Waals surface area contributed by atoms with Crippen molar-refractivity contribution in [3.63, 3.8) is 0 Å². The van der Waals surface area contributed by atoms with Crippen molar-refractivity contribution in [2.75, 3.05) is 11.9 Å². The smallest absolute Gasteiger partial charge is 0.266 e. The first kappa shape index (κ1) is 25.8. The highest BCUT2D eigenvalue weighted by Crippen LogP contribution is 2.37. The summed E-state index contributed by atoms with van der Waals surface area (Å²) in [6.45, 7) is 0.258. The number of nitrogens with two attached hydrogens (primary N) is 1. The Morgan fingerprint density at radius 1 is 1.24 bits per heavy atom. The predicted octanol–water partition coefficient (Wildman–Crippen LogP) is 4.18. The van der Waals surface area contributed by atoms with Gasteiger partial charge in [0, 0.05) is 28.7 Å². The van der Waals surface area contributed by atoms with E-state index in [0.29, 0.717) is 31.4 Å². The summed E-state index contributed by atoms with van der Waals surface area (Å²) < 4.78 is 24.2. The largest absolute Gasteiger partial charge is 0.506 e. The number of nitrogens with one attached hydrogen (secondary N) is 1. The van der Waals surface area contributed by atoms with E-state index in [9.17, 15) is 23.1 Å². The van der Waals surface area contributed by atoms with Gasteiger partial charge < -0.3 is 10.4 Å². The van der Waals surface area contributed by atoms with Crippen molar-refractivity contribution in [2.24, 2.45) is 5.14 Å². The number of aromatic hydroxyl groups is 1. The van der Waals surface area contributed by atoms with E-state index >= 15 is 0 Å². The molecule has 2 aromatic carbocycles. The second-order valence-electron chi connectivity index (χ2n) is 6.88. The Balaban J connectivity index is 1.57. The third-order valence-electron chi connectivity index (χ3n) is 4.47. The normalized spacial score (nSPS) is 15.4. The van der Waals surface area contributed by atoms with Gasteiger partial charge in [-0.3, -0.25) is 14.5 Å². The number of phenols is 1. The lowest BCUT2D eigenvalue weighted by Gasteiger charge is -2.14. The van der Waals surface area contributed by atoms with Gasteiger partial charge in [0.2, 0.25) is 15.9 Å². The van der Waals surface area contributed by atoms with E-state index in [1.165, 1.54) is 29.2 Å². The zero-order valence-corrected chi connectivity index (χ0v) is 22.4. The highest BCUT2D eigenvalue weighted by molar-refractivity contribution is 9.11. The van der Waals surface area contributed by atoms with Crippen LogP contribution in [-0.2, 0) is 19.6 Å². The molecule has 0 aliphatic carbocycles. The van der Waals surface area contributed by atoms with Gasteiger partial charge in [-0.15, -0.1) is 0 Å². The van der Waals surface area contributed by atoms with Crippen LogP contribution in [0, 0.1) is 0 Å². The number of benzene rings is 2. The van der Waals surface area contributed by atoms with E-state index in [-0.39, 0.29) is 35.4 Å². The molecular formula is C20H17Br2N3O5S3. The molecule has 0 saturated carbocycles. The highest BCUT2D eigenvalue weighted by atomic mass is 79.9. The summed E-state index contributed by atoms with van der Waals surface area (Å²) in [7, 11) is -3.80. The molecule has 0 unspecified atom stereocenters. The average Bonchev–Trinajstić information content (AvgIpc) is 2.98. The van der Waals surface area contributed by atoms with Crippen LogP contribution in [0.15, 0.2) is 55.1 Å². The number of sulfonamides is 1. The Kier molecular flexibility index (Phi) is 8.35. The van der Waals surface area contributed by atoms with E-state index in [0.717, 1.165) is 16.2 Å². The average molecular weight is 635 g/mol. The summed E-state index contributed by atoms with van der Waals surface area (Å²) >= 11 is 13.0. The number of amides is 2. The number of hydrogen-bond donors (Lipinski definition) is 3. The Hall–Kier alpha value is -1.77. The second kappa shape index (κ2) is 10.7. The van der Waals surface area contributed by atoms with Crippen molar-refractivity contribution < 1.29 is 23.1 Å². The minimum Gasteiger partial charge on any atom is -0.506 e. The van der Waals surface area contributed by atoms with Gasteiger partial charge in [-0.25, -0.2) is 13.6 Å². The number of halogens is 2. The summed E-state index contributed by atoms with van der Waals surface area (Å²) in [5.74, 6) is -0.569. The van der Waals surface area contributed by atoms with E-state index in [2.05, 4.69) is 37.2 Å². The molecule has 4 N–H and O–H groups in total. The van der Waals surface area contributed by atoms with Crippen LogP contribution in [0.4, 0.5) is 5.69 Å². The third-order valence-corrected chi connectivity index (χ3v) is 7.84. The number of primary sulfonamides is 1. The molecule has 1 aliphatic heterocycles. The van der Waals surface area contributed by atoms with E-state index < -0.39 is 10.0 Å². The maximum Gasteiger partial charge on any atom is 0.266 e. The van der Waals surface area contributed by atoms with Crippen LogP contribution in [-0.4, -0.2) is 41.1 Å². The van der Waals surface area contributed by atoms with Crippen molar-refractivity contribution in [2.45, 2.75) is 17.7 Å². The molecule has 1 saturated heterocycles. The molecule has 3 rings (SSSR count). The van der Waals surface area contributed by atoms with Crippen molar-refractivity contribution in [3.05, 3.63) is 55.8 Å². The Labute approximate surface area is 216 Å². The zero-order valence-electron chi connectivity index (χ0n) is 16.7. The van der Waals surface area contributed by atoms with Crippen LogP contribution in [0.25, 0.3) is 6.08 Å². The van der Waals surface area contributed by atoms with Gasteiger partial charge >= 0.3 is 0 Å². The topological polar surface area (TPSA) is 130 Å². The van der Waals surface area contributed by atoms with Crippen LogP contribution in [0.2, 0.25) is 0 Å². The summed E-state index contributed by atoms with van der Waals surface area (Å²) in [6, 6.07) is 8.88. The lowest BCUT2D eigenvalue weighted by Crippen LogP contribution is -2.29. The molecule has 0 atom stereocenters. The molecule has 0 spiro atoms. The molecule has 33 heavy (non-hydrogen) atoms. The number of nitrogens with zero attached hydrogens (tertiary/aromatic N) is 1. The fraction of sp³-hybridized carbons (Fsp3) is 0.150. The number of thioether (sulfide) groups is 1. The van der Waals surface area contributed by atoms with Crippen molar-refractivity contribution in [1.82, 2.24) is 4.90 Å². The van der Waals surface area contributed by atoms with E-state index in [4.69, 9.17) is 17.4 Å². The molecule has 2 amide bonds. The van der Waals surface area contributed by atoms with Crippen LogP contribution in [0.1, 0.15) is 18.4 Å². The minimum atomic E-state index is -3.80. The first-order chi connectivity index (χ1) is 15.5. The molecule has 1 aliphatic rings. The van der Waals surface area contributed by atoms with Gasteiger partial charge in [0.25, 0.3) is 5.91 Å². The molecule has 1 heterocycles. The standard InChI is InChI=1S/C20H17Br2N3O5S3/c21-12-8-11(18(27)15(22)10-12)9-16-19(28)25(20(31)32-16)7-1-2-17(26)24-13-3-5-14(6-4-13)33(23,29)30/h3-6,8-10,27H,1-2,7H2,(H,24,26)(H2,23,29,30)/b16-9-. The summed E-state index contributed by atoms with van der Waals surface area (Å²) in [5.41, 5.74) is 0.894. The Bertz CT molecular complexity index is 1260. The maximum absolute atomic E-state index is 12.8. The summed E-state index contributed by atoms with van der Waals surface area (Å²) in [5, 5.41) is 17.9. The molecule has 1 fully saturated rings. The van der Waals surface area contributed by atoms with Crippen LogP contribution in [0.5, 0.6) is 5.75 Å². The fourth-order valence-electron chi connectivity index (χ4n) is 2.88. The molecule has 8 nitrogen and oxygen atoms in total. The molecule has 174 valence electrons. The monoisotopic (exact) mass is 633 g/mol. The molecular weight excluding hydrogens is 618 g/mol. The Morgan fingerprint density at radius 3 is 2.55 bits per heavy atom. The van der Waals surface area contributed by atoms with Gasteiger partial charge in [-0.2, -0.15) is 0 Å². The van der Waals surface area contributed by atoms with Gasteiger partial charge in [-0.05, 0) is 64.8 Å². The number of rotatable bonds is 7. The molecule has 0 bridgehead atoms. The lowest BCUT2D eigenvalue weighted by molar-refractivity contribution is -0.122. The molecule has 0 aromatic heterocycles. The van der Waals surface area contributed by atoms with Gasteiger partial charge in [0.1, 0.15) is 10.1 Å². The first-order valence-electron chi connectivity index (χ1n) is 9.32. The van der Waals surface area contributed by atoms with Crippen molar-refractivity contribution >= 4 is 93.8 Å². The third kappa shape index (κ3) is 6.64. The first-order valence-corrected chi connectivity index (χ1v) is 13.7. The second-order valence-corrected chi connectivity index (χ2v) is 11.9. The number of thiocarbonyl (C=S) groups is 1. The van der Waals surface area contributed by atoms with Gasteiger partial charge in [-0.1, -0.05) is 39.9 Å². The number of phenolic OH excluding ortho intramolecular Hbond substituents is 1. The van der Waals surface area contributed by atoms with Crippen LogP contribution >= 0.6 is 55.8 Å². The number of carbonyl (C=O) groups is 2. The molecule has 2 aromatic rings. The van der Waals surface area contributed by atoms with Gasteiger partial charge in [0.15, 0.2) is 0 Å². The minimum absolute atomic E-state index is 0.0113. The SMILES string of the molecule is NS(=O)(=O)c1ccc(NC(=O)CCCN2C(=O)/C(=C/c3cc(Br)cc(Br)c3O)SC2=S)cc1. The highest BCUT2D eigenvalue weighted by Gasteiger charge is 2.32. The molecule has 0 radical (unpaired) electrons. The lowest BCUT2D eigenvalue weighted by atomic mass is 10.2. The number of hydrogen-bond acceptors (Lipinski definition) is 7. The summed E-state index contributed by atoms with van der Waals surface area (Å²) in [6.07, 6.45) is 2.07. The van der Waals surface area contributed by atoms with Crippen LogP contribution in [0.3, 0.4) is 0 Å². The van der Waals surface area contributed by atoms with E-state index in [1.54, 1.807) is 18.2 Å².